The Labute approximate surface area is 174 Å². The fourth-order valence-corrected chi connectivity index (χ4v) is 3.55. The van der Waals surface area contributed by atoms with Crippen molar-refractivity contribution in [2.24, 2.45) is 5.73 Å². The summed E-state index contributed by atoms with van der Waals surface area (Å²) in [6.45, 7) is 3.11. The number of aromatic nitrogens is 2. The Morgan fingerprint density at radius 3 is 2.66 bits per heavy atom. The van der Waals surface area contributed by atoms with Crippen molar-refractivity contribution < 1.29 is 19.1 Å². The van der Waals surface area contributed by atoms with Crippen LogP contribution >= 0.6 is 12.4 Å². The van der Waals surface area contributed by atoms with E-state index in [9.17, 15) is 9.59 Å². The van der Waals surface area contributed by atoms with E-state index in [0.717, 1.165) is 12.8 Å². The minimum atomic E-state index is -0.488. The van der Waals surface area contributed by atoms with Gasteiger partial charge in [-0.25, -0.2) is 4.68 Å². The van der Waals surface area contributed by atoms with E-state index in [0.29, 0.717) is 36.0 Å². The van der Waals surface area contributed by atoms with Crippen molar-refractivity contribution in [3.8, 4) is 11.5 Å². The van der Waals surface area contributed by atoms with Crippen LogP contribution in [0, 0.1) is 0 Å². The molecule has 2 aliphatic rings. The van der Waals surface area contributed by atoms with Crippen LogP contribution in [0.5, 0.6) is 11.5 Å². The molecule has 4 rings (SSSR count). The summed E-state index contributed by atoms with van der Waals surface area (Å²) in [5.41, 5.74) is 6.17. The van der Waals surface area contributed by atoms with E-state index in [1.807, 2.05) is 4.68 Å². The van der Waals surface area contributed by atoms with Crippen LogP contribution < -0.4 is 20.5 Å². The number of ether oxygens (including phenoxy) is 2. The molecule has 9 nitrogen and oxygen atoms in total. The molecule has 29 heavy (non-hydrogen) atoms. The summed E-state index contributed by atoms with van der Waals surface area (Å²) >= 11 is 0. The summed E-state index contributed by atoms with van der Waals surface area (Å²) in [7, 11) is 0. The third-order valence-electron chi connectivity index (χ3n) is 5.06. The van der Waals surface area contributed by atoms with Gasteiger partial charge in [-0.3, -0.25) is 9.59 Å². The molecule has 0 unspecified atom stereocenters. The molecule has 0 bridgehead atoms. The zero-order valence-electron chi connectivity index (χ0n) is 16.0. The van der Waals surface area contributed by atoms with Gasteiger partial charge in [0, 0.05) is 24.7 Å². The van der Waals surface area contributed by atoms with Gasteiger partial charge in [-0.15, -0.1) is 12.4 Å². The first-order valence-corrected chi connectivity index (χ1v) is 9.32. The van der Waals surface area contributed by atoms with Gasteiger partial charge < -0.3 is 25.4 Å². The fraction of sp³-hybridized carbons (Fsp3) is 0.421. The number of nitrogens with one attached hydrogen (secondary N) is 1. The van der Waals surface area contributed by atoms with Crippen LogP contribution in [0.1, 0.15) is 36.2 Å². The summed E-state index contributed by atoms with van der Waals surface area (Å²) < 4.78 is 12.4. The number of benzene rings is 1. The first-order chi connectivity index (χ1) is 13.5. The van der Waals surface area contributed by atoms with Gasteiger partial charge in [0.05, 0.1) is 18.3 Å². The van der Waals surface area contributed by atoms with Gasteiger partial charge in [-0.2, -0.15) is 5.10 Å². The smallest absolute Gasteiger partial charge is 0.256 e. The van der Waals surface area contributed by atoms with Crippen LogP contribution in [0.3, 0.4) is 0 Å². The molecule has 1 fully saturated rings. The minimum absolute atomic E-state index is 0. The van der Waals surface area contributed by atoms with Crippen LogP contribution in [0.15, 0.2) is 30.5 Å². The highest BCUT2D eigenvalue weighted by molar-refractivity contribution is 6.04. The molecule has 0 spiro atoms. The van der Waals surface area contributed by atoms with E-state index in [4.69, 9.17) is 15.2 Å². The van der Waals surface area contributed by atoms with Crippen molar-refractivity contribution >= 4 is 30.0 Å². The molecule has 3 heterocycles. The normalized spacial score (nSPS) is 16.8. The predicted octanol–water partition coefficient (Wildman–Crippen LogP) is 1.80. The number of hydrogen-bond acceptors (Lipinski definition) is 6. The number of rotatable bonds is 4. The molecule has 10 heteroatoms. The quantitative estimate of drug-likeness (QED) is 0.778. The van der Waals surface area contributed by atoms with Crippen LogP contribution in [0.25, 0.3) is 0 Å². The summed E-state index contributed by atoms with van der Waals surface area (Å²) in [5.74, 6) is 1.54. The molecule has 2 aliphatic heterocycles. The van der Waals surface area contributed by atoms with Crippen LogP contribution in [0.4, 0.5) is 5.82 Å². The highest BCUT2D eigenvalue weighted by Crippen LogP contribution is 2.33. The van der Waals surface area contributed by atoms with Crippen molar-refractivity contribution in [2.75, 3.05) is 25.2 Å². The zero-order valence-corrected chi connectivity index (χ0v) is 16.9. The highest BCUT2D eigenvalue weighted by atomic mass is 35.5. The summed E-state index contributed by atoms with van der Waals surface area (Å²) in [6.07, 6.45) is 3.18. The molecule has 0 radical (unpaired) electrons. The molecular weight excluding hydrogens is 398 g/mol. The lowest BCUT2D eigenvalue weighted by atomic mass is 10.0. The lowest BCUT2D eigenvalue weighted by Gasteiger charge is -2.33. The Morgan fingerprint density at radius 1 is 1.21 bits per heavy atom. The average molecular weight is 422 g/mol. The summed E-state index contributed by atoms with van der Waals surface area (Å²) in [5, 5.41) is 7.29. The van der Waals surface area contributed by atoms with Gasteiger partial charge in [0.25, 0.3) is 5.91 Å². The molecule has 0 saturated carbocycles. The van der Waals surface area contributed by atoms with Crippen LogP contribution in [-0.4, -0.2) is 52.4 Å². The molecule has 1 atom stereocenters. The molecule has 2 amide bonds. The standard InChI is InChI=1S/C19H23N5O4.ClH/c1-12(20)19(26)23-8-5-14(6-9-23)24-17(4-7-21-24)22-18(25)13-2-3-15-16(10-13)28-11-27-15;/h2-4,7,10,12,14H,5-6,8-9,11,20H2,1H3,(H,22,25);1H/t12-;/m1./s1. The van der Waals surface area contributed by atoms with Crippen LogP contribution in [0.2, 0.25) is 0 Å². The van der Waals surface area contributed by atoms with Gasteiger partial charge in [0.1, 0.15) is 5.82 Å². The molecule has 1 aromatic heterocycles. The van der Waals surface area contributed by atoms with Gasteiger partial charge >= 0.3 is 0 Å². The van der Waals surface area contributed by atoms with Gasteiger partial charge in [0.15, 0.2) is 11.5 Å². The van der Waals surface area contributed by atoms with E-state index in [1.54, 1.807) is 42.3 Å². The topological polar surface area (TPSA) is 112 Å². The maximum atomic E-state index is 12.6. The lowest BCUT2D eigenvalue weighted by molar-refractivity contribution is -0.133. The largest absolute Gasteiger partial charge is 0.454 e. The van der Waals surface area contributed by atoms with E-state index in [2.05, 4.69) is 10.4 Å². The van der Waals surface area contributed by atoms with Crippen molar-refractivity contribution in [3.63, 3.8) is 0 Å². The zero-order chi connectivity index (χ0) is 19.7. The Balaban J connectivity index is 0.00000240. The Kier molecular flexibility index (Phi) is 6.29. The van der Waals surface area contributed by atoms with E-state index < -0.39 is 6.04 Å². The van der Waals surface area contributed by atoms with Gasteiger partial charge in [-0.1, -0.05) is 0 Å². The molecule has 2 aromatic rings. The Hall–Kier alpha value is -2.78. The summed E-state index contributed by atoms with van der Waals surface area (Å²) in [4.78, 5) is 26.5. The third kappa shape index (κ3) is 4.30. The molecule has 156 valence electrons. The maximum absolute atomic E-state index is 12.6. The first-order valence-electron chi connectivity index (χ1n) is 9.32. The Bertz CT molecular complexity index is 892. The predicted molar refractivity (Wildman–Crippen MR) is 108 cm³/mol. The van der Waals surface area contributed by atoms with Gasteiger partial charge in [-0.05, 0) is 38.0 Å². The number of halogens is 1. The number of nitrogens with two attached hydrogens (primary N) is 1. The SMILES string of the molecule is C[C@@H](N)C(=O)N1CCC(n2nccc2NC(=O)c2ccc3c(c2)OCO3)CC1.Cl. The van der Waals surface area contributed by atoms with E-state index in [1.165, 1.54) is 0 Å². The second-order valence-corrected chi connectivity index (χ2v) is 7.03. The maximum Gasteiger partial charge on any atom is 0.256 e. The number of piperidine rings is 1. The number of nitrogens with zero attached hydrogens (tertiary/aromatic N) is 3. The van der Waals surface area contributed by atoms with Gasteiger partial charge in [0.2, 0.25) is 12.7 Å². The third-order valence-corrected chi connectivity index (χ3v) is 5.06. The van der Waals surface area contributed by atoms with Crippen molar-refractivity contribution in [1.29, 1.82) is 0 Å². The molecule has 3 N–H and O–H groups in total. The number of anilines is 1. The molecule has 1 aromatic carbocycles. The summed E-state index contributed by atoms with van der Waals surface area (Å²) in [6, 6.07) is 6.47. The number of carbonyl (C=O) groups is 2. The lowest BCUT2D eigenvalue weighted by Crippen LogP contribution is -2.46. The fourth-order valence-electron chi connectivity index (χ4n) is 3.55. The first kappa shape index (κ1) is 20.9. The number of amides is 2. The molecule has 0 aliphatic carbocycles. The van der Waals surface area contributed by atoms with Crippen molar-refractivity contribution in [2.45, 2.75) is 31.8 Å². The van der Waals surface area contributed by atoms with Crippen molar-refractivity contribution in [3.05, 3.63) is 36.0 Å². The number of fused-ring (bicyclic) bond motifs is 1. The van der Waals surface area contributed by atoms with Crippen molar-refractivity contribution in [1.82, 2.24) is 14.7 Å². The monoisotopic (exact) mass is 421 g/mol. The number of carbonyl (C=O) groups excluding carboxylic acids is 2. The number of hydrogen-bond donors (Lipinski definition) is 2. The second kappa shape index (κ2) is 8.71. The van der Waals surface area contributed by atoms with E-state index >= 15 is 0 Å². The molecular formula is C19H24ClN5O4. The molecule has 1 saturated heterocycles. The van der Waals surface area contributed by atoms with E-state index in [-0.39, 0.29) is 37.1 Å². The van der Waals surface area contributed by atoms with Crippen LogP contribution in [-0.2, 0) is 4.79 Å². The minimum Gasteiger partial charge on any atom is -0.454 e. The average Bonchev–Trinajstić information content (AvgIpc) is 3.36. The number of likely N-dealkylation sites (tertiary alicyclic amines) is 1. The highest BCUT2D eigenvalue weighted by Gasteiger charge is 2.27. The Morgan fingerprint density at radius 2 is 1.93 bits per heavy atom. The second-order valence-electron chi connectivity index (χ2n) is 7.03.